The molecule has 0 saturated carbocycles. The highest BCUT2D eigenvalue weighted by Crippen LogP contribution is 2.10. The Kier molecular flexibility index (Phi) is 4.95. The van der Waals surface area contributed by atoms with Crippen molar-refractivity contribution in [2.75, 3.05) is 13.2 Å². The Hall–Kier alpha value is -2.61. The van der Waals surface area contributed by atoms with Crippen molar-refractivity contribution in [3.8, 4) is 0 Å². The first-order chi connectivity index (χ1) is 10.6. The van der Waals surface area contributed by atoms with Crippen LogP contribution in [0.2, 0.25) is 0 Å². The van der Waals surface area contributed by atoms with Gasteiger partial charge in [0.2, 0.25) is 0 Å². The molecule has 0 spiro atoms. The Labute approximate surface area is 124 Å². The molecule has 0 atom stereocenters. The SMILES string of the molecule is O=C(O)OCCn1c(=O)c(=O)n(CCCO)c2ccccc21. The molecular formula is C14H16N2O6. The molecule has 0 fully saturated rings. The van der Waals surface area contributed by atoms with Gasteiger partial charge in [0, 0.05) is 13.2 Å². The molecule has 8 nitrogen and oxygen atoms in total. The van der Waals surface area contributed by atoms with Crippen LogP contribution in [0.3, 0.4) is 0 Å². The Balaban J connectivity index is 2.53. The lowest BCUT2D eigenvalue weighted by Gasteiger charge is -2.14. The third-order valence-corrected chi connectivity index (χ3v) is 3.22. The molecule has 1 heterocycles. The van der Waals surface area contributed by atoms with Gasteiger partial charge in [-0.3, -0.25) is 14.2 Å². The van der Waals surface area contributed by atoms with Gasteiger partial charge in [-0.1, -0.05) is 12.1 Å². The topological polar surface area (TPSA) is 111 Å². The number of hydrogen-bond donors (Lipinski definition) is 2. The predicted octanol–water partition coefficient (Wildman–Crippen LogP) is 0.240. The van der Waals surface area contributed by atoms with E-state index in [-0.39, 0.29) is 26.3 Å². The van der Waals surface area contributed by atoms with Crippen LogP contribution in [0.4, 0.5) is 4.79 Å². The maximum absolute atomic E-state index is 12.2. The molecule has 2 N–H and O–H groups in total. The van der Waals surface area contributed by atoms with Crippen LogP contribution in [0.5, 0.6) is 0 Å². The summed E-state index contributed by atoms with van der Waals surface area (Å²) in [5.41, 5.74) is -0.386. The summed E-state index contributed by atoms with van der Waals surface area (Å²) < 4.78 is 6.93. The second kappa shape index (κ2) is 6.90. The van der Waals surface area contributed by atoms with Crippen molar-refractivity contribution in [3.05, 3.63) is 45.0 Å². The number of fused-ring (bicyclic) bond motifs is 1. The van der Waals surface area contributed by atoms with Gasteiger partial charge in [0.1, 0.15) is 6.61 Å². The number of aryl methyl sites for hydroxylation is 1. The Bertz CT molecular complexity index is 792. The molecule has 0 radical (unpaired) electrons. The number of para-hydroxylation sites is 2. The number of carboxylic acid groups (broad SMARTS) is 1. The summed E-state index contributed by atoms with van der Waals surface area (Å²) in [5, 5.41) is 17.4. The van der Waals surface area contributed by atoms with Gasteiger partial charge >= 0.3 is 17.3 Å². The molecule has 22 heavy (non-hydrogen) atoms. The van der Waals surface area contributed by atoms with Crippen LogP contribution in [-0.4, -0.2) is 38.7 Å². The maximum atomic E-state index is 12.2. The molecule has 0 aliphatic rings. The first kappa shape index (κ1) is 15.8. The second-order valence-corrected chi connectivity index (χ2v) is 4.59. The average molecular weight is 308 g/mol. The van der Waals surface area contributed by atoms with Crippen molar-refractivity contribution in [2.24, 2.45) is 0 Å². The molecule has 0 amide bonds. The van der Waals surface area contributed by atoms with Crippen LogP contribution < -0.4 is 11.1 Å². The van der Waals surface area contributed by atoms with E-state index in [9.17, 15) is 14.4 Å². The molecule has 8 heteroatoms. The molecule has 2 aromatic rings. The van der Waals surface area contributed by atoms with E-state index in [2.05, 4.69) is 4.74 Å². The first-order valence-electron chi connectivity index (χ1n) is 6.75. The zero-order chi connectivity index (χ0) is 16.1. The Morgan fingerprint density at radius 2 is 1.59 bits per heavy atom. The molecule has 0 aliphatic carbocycles. The maximum Gasteiger partial charge on any atom is 0.505 e. The number of aromatic nitrogens is 2. The summed E-state index contributed by atoms with van der Waals surface area (Å²) in [6.45, 7) is -0.116. The normalized spacial score (nSPS) is 10.8. The molecule has 1 aromatic carbocycles. The summed E-state index contributed by atoms with van der Waals surface area (Å²) in [6, 6.07) is 6.82. The van der Waals surface area contributed by atoms with Gasteiger partial charge in [0.15, 0.2) is 0 Å². The van der Waals surface area contributed by atoms with Crippen LogP contribution in [0.25, 0.3) is 11.0 Å². The number of carbonyl (C=O) groups is 1. The van der Waals surface area contributed by atoms with Crippen LogP contribution in [-0.2, 0) is 17.8 Å². The molecule has 0 unspecified atom stereocenters. The first-order valence-corrected chi connectivity index (χ1v) is 6.75. The Morgan fingerprint density at radius 1 is 1.05 bits per heavy atom. The highest BCUT2D eigenvalue weighted by molar-refractivity contribution is 5.75. The molecular weight excluding hydrogens is 292 g/mol. The largest absolute Gasteiger partial charge is 0.505 e. The number of hydrogen-bond acceptors (Lipinski definition) is 5. The van der Waals surface area contributed by atoms with E-state index in [1.54, 1.807) is 24.3 Å². The van der Waals surface area contributed by atoms with Gasteiger partial charge in [-0.2, -0.15) is 0 Å². The second-order valence-electron chi connectivity index (χ2n) is 4.59. The minimum absolute atomic E-state index is 0.0400. The summed E-state index contributed by atoms with van der Waals surface area (Å²) in [7, 11) is 0. The molecule has 1 aromatic heterocycles. The number of aliphatic hydroxyl groups excluding tert-OH is 1. The van der Waals surface area contributed by atoms with Gasteiger partial charge in [0.05, 0.1) is 17.6 Å². The van der Waals surface area contributed by atoms with E-state index in [0.717, 1.165) is 0 Å². The number of benzene rings is 1. The van der Waals surface area contributed by atoms with E-state index in [1.165, 1.54) is 9.13 Å². The fraction of sp³-hybridized carbons (Fsp3) is 0.357. The molecule has 0 saturated heterocycles. The minimum atomic E-state index is -1.44. The highest BCUT2D eigenvalue weighted by atomic mass is 16.7. The van der Waals surface area contributed by atoms with Crippen molar-refractivity contribution in [2.45, 2.75) is 19.5 Å². The third-order valence-electron chi connectivity index (χ3n) is 3.22. The summed E-state index contributed by atoms with van der Waals surface area (Å²) in [6.07, 6.45) is -1.08. The fourth-order valence-electron chi connectivity index (χ4n) is 2.27. The summed E-state index contributed by atoms with van der Waals surface area (Å²) in [4.78, 5) is 34.8. The lowest BCUT2D eigenvalue weighted by atomic mass is 10.2. The summed E-state index contributed by atoms with van der Waals surface area (Å²) in [5.74, 6) is 0. The number of ether oxygens (including phenoxy) is 1. The van der Waals surface area contributed by atoms with Crippen LogP contribution in [0.15, 0.2) is 33.9 Å². The van der Waals surface area contributed by atoms with Crippen molar-refractivity contribution >= 4 is 17.2 Å². The van der Waals surface area contributed by atoms with Gasteiger partial charge in [-0.05, 0) is 18.6 Å². The zero-order valence-corrected chi connectivity index (χ0v) is 11.8. The Morgan fingerprint density at radius 3 is 2.09 bits per heavy atom. The van der Waals surface area contributed by atoms with Crippen molar-refractivity contribution < 1.29 is 19.7 Å². The zero-order valence-electron chi connectivity index (χ0n) is 11.8. The quantitative estimate of drug-likeness (QED) is 0.584. The van der Waals surface area contributed by atoms with Gasteiger partial charge in [0.25, 0.3) is 0 Å². The highest BCUT2D eigenvalue weighted by Gasteiger charge is 2.12. The number of aliphatic hydroxyl groups is 1. The standard InChI is InChI=1S/C14H16N2O6/c17-8-3-6-15-10-4-1-2-5-11(10)16(13(19)12(15)18)7-9-22-14(20)21/h1-2,4-5,17H,3,6-9H2,(H,20,21). The minimum Gasteiger partial charge on any atom is -0.450 e. The molecule has 0 bridgehead atoms. The fourth-order valence-corrected chi connectivity index (χ4v) is 2.27. The van der Waals surface area contributed by atoms with Crippen molar-refractivity contribution in [1.29, 1.82) is 0 Å². The van der Waals surface area contributed by atoms with Crippen LogP contribution >= 0.6 is 0 Å². The van der Waals surface area contributed by atoms with E-state index < -0.39 is 17.3 Å². The lowest BCUT2D eigenvalue weighted by molar-refractivity contribution is 0.0885. The van der Waals surface area contributed by atoms with Crippen LogP contribution in [0, 0.1) is 0 Å². The lowest BCUT2D eigenvalue weighted by Crippen LogP contribution is -2.42. The van der Waals surface area contributed by atoms with E-state index in [0.29, 0.717) is 17.5 Å². The van der Waals surface area contributed by atoms with Gasteiger partial charge in [-0.25, -0.2) is 4.79 Å². The molecule has 2 rings (SSSR count). The number of rotatable bonds is 6. The smallest absolute Gasteiger partial charge is 0.450 e. The van der Waals surface area contributed by atoms with Gasteiger partial charge < -0.3 is 19.5 Å². The predicted molar refractivity (Wildman–Crippen MR) is 78.1 cm³/mol. The van der Waals surface area contributed by atoms with E-state index in [1.807, 2.05) is 0 Å². The monoisotopic (exact) mass is 308 g/mol. The van der Waals surface area contributed by atoms with Crippen molar-refractivity contribution in [3.63, 3.8) is 0 Å². The summed E-state index contributed by atoms with van der Waals surface area (Å²) >= 11 is 0. The number of nitrogens with zero attached hydrogens (tertiary/aromatic N) is 2. The van der Waals surface area contributed by atoms with Crippen LogP contribution in [0.1, 0.15) is 6.42 Å². The molecule has 0 aliphatic heterocycles. The van der Waals surface area contributed by atoms with Gasteiger partial charge in [-0.15, -0.1) is 0 Å². The molecule has 118 valence electrons. The average Bonchev–Trinajstić information content (AvgIpc) is 2.50. The third kappa shape index (κ3) is 3.17. The van der Waals surface area contributed by atoms with E-state index in [4.69, 9.17) is 10.2 Å². The van der Waals surface area contributed by atoms with E-state index >= 15 is 0 Å². The van der Waals surface area contributed by atoms with Crippen molar-refractivity contribution in [1.82, 2.24) is 9.13 Å².